The molecule has 1 saturated carbocycles. The number of rotatable bonds is 30. The molecule has 8 rings (SSSR count). The Hall–Kier alpha value is -8.97. The fraction of sp³-hybridized carbons (Fsp3) is 0.662. The number of thioether (sulfide) groups is 2. The summed E-state index contributed by atoms with van der Waals surface area (Å²) in [5, 5.41) is 47.9. The molecule has 1 aliphatic carbocycles. The minimum Gasteiger partial charge on any atom is -0.481 e. The molecule has 13 atom stereocenters. The van der Waals surface area contributed by atoms with Gasteiger partial charge in [-0.3, -0.25) is 67.3 Å². The quantitative estimate of drug-likeness (QED) is 0.0325. The first-order chi connectivity index (χ1) is 53.1. The fourth-order valence-corrected chi connectivity index (χ4v) is 16.2. The SMILES string of the molecule is CC[C@@H]1NC(=O)[C@H](Cc2c[nH]cn2)NC(=O)[C@H](Cc2cscn2)NC(=O)[C@H]2CCCN2C(=O)[C@@H](NC(=O)C(C)(C)CCOC(C)(CC)CCNC(=O)CCCC[C@@H]2SC[C@@H]3NC(=O)N[C@@H]32)CCCNC(=O)[C@H](Cc2cccnc2)NC(=O)[C@H](CC2CC2)NC(=O)[C@H](CCSC)NC(=O)[C@H](CCC(=O)O)NC(=O)CNC1=O. The molecule has 0 bridgehead atoms. The average molecular weight is 1600 g/mol. The highest BCUT2D eigenvalue weighted by atomic mass is 32.2. The van der Waals surface area contributed by atoms with Crippen molar-refractivity contribution in [3.05, 3.63) is 64.9 Å². The molecule has 0 radical (unpaired) electrons. The number of imidazole rings is 1. The highest BCUT2D eigenvalue weighted by Gasteiger charge is 2.45. The molecule has 0 aromatic carbocycles. The van der Waals surface area contributed by atoms with Gasteiger partial charge in [-0.1, -0.05) is 53.0 Å². The second-order valence-corrected chi connectivity index (χ2v) is 32.9. The Bertz CT molecular complexity index is 3670. The van der Waals surface area contributed by atoms with E-state index in [2.05, 4.69) is 89.1 Å². The summed E-state index contributed by atoms with van der Waals surface area (Å²) in [4.78, 5) is 214. The predicted octanol–water partition coefficient (Wildman–Crippen LogP) is 0.846. The minimum atomic E-state index is -1.56. The lowest BCUT2D eigenvalue weighted by Gasteiger charge is -2.33. The third kappa shape index (κ3) is 27.7. The maximum Gasteiger partial charge on any atom is 0.315 e. The molecule has 5 aliphatic rings. The monoisotopic (exact) mass is 1600 g/mol. The van der Waals surface area contributed by atoms with Crippen LogP contribution in [0.3, 0.4) is 0 Å². The lowest BCUT2D eigenvalue weighted by Crippen LogP contribution is -2.60. The number of aromatic amines is 1. The van der Waals surface area contributed by atoms with Crippen LogP contribution in [-0.2, 0) is 86.3 Å². The van der Waals surface area contributed by atoms with E-state index < -0.39 is 156 Å². The van der Waals surface area contributed by atoms with E-state index in [1.165, 1.54) is 52.2 Å². The Morgan fingerprint density at radius 1 is 0.703 bits per heavy atom. The number of hydrogen-bond acceptors (Lipinski definition) is 21. The van der Waals surface area contributed by atoms with Gasteiger partial charge in [0.2, 0.25) is 70.9 Å². The third-order valence-electron chi connectivity index (χ3n) is 20.8. The van der Waals surface area contributed by atoms with E-state index in [1.54, 1.807) is 50.7 Å². The number of carboxylic acid groups (broad SMARTS) is 1. The zero-order chi connectivity index (χ0) is 80.2. The first kappa shape index (κ1) is 87.6. The number of amides is 14. The van der Waals surface area contributed by atoms with Crippen LogP contribution in [0.5, 0.6) is 0 Å². The van der Waals surface area contributed by atoms with Crippen LogP contribution in [0.25, 0.3) is 0 Å². The summed E-state index contributed by atoms with van der Waals surface area (Å²) in [5.41, 5.74) is 0.971. The van der Waals surface area contributed by atoms with Gasteiger partial charge in [-0.25, -0.2) is 14.8 Å². The normalized spacial score (nSPS) is 26.0. The van der Waals surface area contributed by atoms with Crippen molar-refractivity contribution < 1.29 is 77.0 Å². The Morgan fingerprint density at radius 2 is 1.38 bits per heavy atom. The van der Waals surface area contributed by atoms with Crippen LogP contribution >= 0.6 is 34.9 Å². The number of aliphatic carboxylic acids is 1. The molecule has 610 valence electrons. The number of carbonyl (C=O) groups excluding carboxylic acids is 13. The summed E-state index contributed by atoms with van der Waals surface area (Å²) in [6, 6.07) is -8.59. The Labute approximate surface area is 658 Å². The maximum absolute atomic E-state index is 15.4. The van der Waals surface area contributed by atoms with Gasteiger partial charge in [-0.15, -0.1) is 11.3 Å². The molecule has 14 amide bonds. The summed E-state index contributed by atoms with van der Waals surface area (Å²) in [6.45, 7) is 8.59. The van der Waals surface area contributed by atoms with E-state index in [0.717, 1.165) is 31.4 Å². The van der Waals surface area contributed by atoms with E-state index >= 15 is 4.79 Å². The van der Waals surface area contributed by atoms with Crippen LogP contribution in [-0.4, -0.2) is 241 Å². The van der Waals surface area contributed by atoms with Gasteiger partial charge >= 0.3 is 12.0 Å². The van der Waals surface area contributed by atoms with Crippen molar-refractivity contribution >= 4 is 118 Å². The topological polar surface area (TPSA) is 483 Å². The number of aromatic nitrogens is 4. The molecule has 7 heterocycles. The number of fused-ring (bicyclic) bond motifs is 2. The summed E-state index contributed by atoms with van der Waals surface area (Å²) in [6.07, 6.45) is 12.4. The molecule has 1 unspecified atom stereocenters. The van der Waals surface area contributed by atoms with Crippen LogP contribution in [0, 0.1) is 11.3 Å². The molecular weight excluding hydrogens is 1490 g/mol. The Morgan fingerprint density at radius 3 is 2.05 bits per heavy atom. The summed E-state index contributed by atoms with van der Waals surface area (Å²) in [7, 11) is 0. The standard InChI is InChI=1S/C74H110N18O16S3/c1-7-47-62(97)79-38-59(94)82-48(21-22-60(95)96)64(99)84-49(23-31-109-6)65(100)86-52(32-43-19-20-43)66(101)85-51(33-44-14-11-26-75-36-44)63(98)78-27-12-15-50(89-71(106)73(3,4)25-30-108-74(5,8-2)24-28-77-58(93)18-10-9-17-57-61-55(40-111-57)90-72(107)91-61)70(105)92-29-13-16-56(92)69(104)88-54(35-46-39-110-42-81-46)68(103)87-53(67(102)83-47)34-45-37-76-41-80-45/h11,14,26,36-37,39,41-43,47-57,61H,7-10,12-13,15-25,27-35,38,40H2,1-6H3,(H,76,80)(H,77,93)(H,78,98)(H,79,97)(H,82,94)(H,83,102)(H,84,99)(H,85,101)(H,86,100)(H,87,103)(H,88,104)(H,89,106)(H,95,96)(H2,90,91,107)/t47-,48-,49-,50-,51-,52-,53-,54-,55-,56+,57-,61-,74?/m0/s1. The number of nitrogens with zero attached hydrogens (tertiary/aromatic N) is 4. The molecule has 34 nitrogen and oxygen atoms in total. The van der Waals surface area contributed by atoms with E-state index in [-0.39, 0.29) is 114 Å². The molecule has 15 N–H and O–H groups in total. The Kier molecular flexibility index (Phi) is 34.1. The smallest absolute Gasteiger partial charge is 0.315 e. The first-order valence-corrected chi connectivity index (χ1v) is 41.9. The second-order valence-electron chi connectivity index (χ2n) is 29.9. The van der Waals surface area contributed by atoms with Gasteiger partial charge < -0.3 is 88.8 Å². The van der Waals surface area contributed by atoms with Crippen molar-refractivity contribution in [2.24, 2.45) is 11.3 Å². The number of hydrogen-bond donors (Lipinski definition) is 15. The largest absolute Gasteiger partial charge is 0.481 e. The van der Waals surface area contributed by atoms with Crippen molar-refractivity contribution in [3.8, 4) is 0 Å². The molecule has 111 heavy (non-hydrogen) atoms. The van der Waals surface area contributed by atoms with Gasteiger partial charge in [0.1, 0.15) is 54.4 Å². The maximum atomic E-state index is 15.4. The van der Waals surface area contributed by atoms with Gasteiger partial charge in [0.15, 0.2) is 0 Å². The van der Waals surface area contributed by atoms with Gasteiger partial charge in [0.05, 0.1) is 47.5 Å². The number of H-pyrrole nitrogens is 1. The molecule has 5 fully saturated rings. The highest BCUT2D eigenvalue weighted by molar-refractivity contribution is 8.00. The first-order valence-electron chi connectivity index (χ1n) is 38.5. The number of nitrogens with one attached hydrogen (secondary N) is 14. The van der Waals surface area contributed by atoms with Crippen molar-refractivity contribution in [2.45, 2.75) is 247 Å². The molecular formula is C74H110N18O16S3. The van der Waals surface area contributed by atoms with E-state index in [0.29, 0.717) is 66.6 Å². The number of ether oxygens (including phenoxy) is 1. The van der Waals surface area contributed by atoms with Gasteiger partial charge in [-0.2, -0.15) is 23.5 Å². The predicted molar refractivity (Wildman–Crippen MR) is 414 cm³/mol. The number of urea groups is 1. The van der Waals surface area contributed by atoms with Crippen molar-refractivity contribution in [2.75, 3.05) is 50.5 Å². The van der Waals surface area contributed by atoms with Crippen molar-refractivity contribution in [3.63, 3.8) is 0 Å². The summed E-state index contributed by atoms with van der Waals surface area (Å²) >= 11 is 4.42. The molecule has 37 heteroatoms. The number of thiazole rings is 1. The van der Waals surface area contributed by atoms with Gasteiger partial charge in [0, 0.05) is 98.7 Å². The lowest BCUT2D eigenvalue weighted by atomic mass is 9.87. The van der Waals surface area contributed by atoms with Gasteiger partial charge in [0.25, 0.3) is 0 Å². The van der Waals surface area contributed by atoms with Gasteiger partial charge in [-0.05, 0) is 120 Å². The summed E-state index contributed by atoms with van der Waals surface area (Å²) in [5.74, 6) is -8.65. The molecule has 3 aromatic rings. The highest BCUT2D eigenvalue weighted by Crippen LogP contribution is 2.35. The van der Waals surface area contributed by atoms with Crippen molar-refractivity contribution in [1.82, 2.24) is 94.0 Å². The van der Waals surface area contributed by atoms with Crippen LogP contribution in [0.1, 0.15) is 167 Å². The molecule has 3 aromatic heterocycles. The van der Waals surface area contributed by atoms with Crippen molar-refractivity contribution in [1.29, 1.82) is 0 Å². The molecule has 4 saturated heterocycles. The van der Waals surface area contributed by atoms with E-state index in [9.17, 15) is 67.4 Å². The number of carbonyl (C=O) groups is 14. The average Bonchev–Trinajstić information content (AvgIpc) is 1.71. The van der Waals surface area contributed by atoms with Crippen LogP contribution in [0.2, 0.25) is 0 Å². The third-order valence-corrected chi connectivity index (χ3v) is 23.6. The number of carboxylic acids is 1. The molecule has 4 aliphatic heterocycles. The molecule has 0 spiro atoms. The fourth-order valence-electron chi connectivity index (χ4n) is 13.6. The van der Waals surface area contributed by atoms with E-state index in [4.69, 9.17) is 4.74 Å². The van der Waals surface area contributed by atoms with Crippen LogP contribution in [0.15, 0.2) is 47.9 Å². The zero-order valence-corrected chi connectivity index (χ0v) is 66.5. The van der Waals surface area contributed by atoms with E-state index in [1.807, 2.05) is 25.6 Å². The second kappa shape index (κ2) is 43.2. The lowest BCUT2D eigenvalue weighted by molar-refractivity contribution is -0.144. The number of pyridine rings is 1. The Balaban J connectivity index is 1.03. The van der Waals surface area contributed by atoms with Crippen LogP contribution < -0.4 is 69.1 Å². The van der Waals surface area contributed by atoms with Crippen LogP contribution in [0.4, 0.5) is 4.79 Å². The minimum absolute atomic E-state index is 0.0217. The zero-order valence-electron chi connectivity index (χ0n) is 64.0. The number of unbranched alkanes of at least 4 members (excludes halogenated alkanes) is 1. The summed E-state index contributed by atoms with van der Waals surface area (Å²) < 4.78 is 6.50.